The Morgan fingerprint density at radius 2 is 1.88 bits per heavy atom. The second kappa shape index (κ2) is 7.96. The highest BCUT2D eigenvalue weighted by molar-refractivity contribution is 5.96. The van der Waals surface area contributed by atoms with Crippen LogP contribution in [-0.4, -0.2) is 41.0 Å². The number of nitrogens with zero attached hydrogens (tertiary/aromatic N) is 3. The Bertz CT molecular complexity index is 710. The van der Waals surface area contributed by atoms with Gasteiger partial charge in [0.2, 0.25) is 0 Å². The Hall–Kier alpha value is -2.63. The van der Waals surface area contributed by atoms with E-state index in [1.54, 1.807) is 7.11 Å². The van der Waals surface area contributed by atoms with Gasteiger partial charge in [0.1, 0.15) is 5.75 Å². The number of carbonyl (C=O) groups excluding carboxylic acids is 1. The highest BCUT2D eigenvalue weighted by Crippen LogP contribution is 2.24. The van der Waals surface area contributed by atoms with Crippen molar-refractivity contribution in [2.24, 2.45) is 5.92 Å². The highest BCUT2D eigenvalue weighted by Gasteiger charge is 2.25. The molecule has 0 bridgehead atoms. The summed E-state index contributed by atoms with van der Waals surface area (Å²) >= 11 is 0. The summed E-state index contributed by atoms with van der Waals surface area (Å²) in [6, 6.07) is 8.24. The molecule has 2 heterocycles. The topological polar surface area (TPSA) is 81.3 Å². The summed E-state index contributed by atoms with van der Waals surface area (Å²) < 4.78 is 5.19. The second-order valence-electron chi connectivity index (χ2n) is 6.41. The maximum atomic E-state index is 12.5. The number of amides is 1. The molecule has 6 heteroatoms. The molecule has 2 aromatic rings. The van der Waals surface area contributed by atoms with Gasteiger partial charge in [-0.05, 0) is 49.3 Å². The van der Waals surface area contributed by atoms with Crippen LogP contribution < -0.4 is 10.5 Å². The normalized spacial score (nSPS) is 15.2. The number of anilines is 1. The zero-order valence-electron chi connectivity index (χ0n) is 14.5. The van der Waals surface area contributed by atoms with Crippen LogP contribution in [0.4, 0.5) is 5.82 Å². The highest BCUT2D eigenvalue weighted by atomic mass is 16.5. The van der Waals surface area contributed by atoms with Crippen molar-refractivity contribution in [3.63, 3.8) is 0 Å². The van der Waals surface area contributed by atoms with E-state index in [4.69, 9.17) is 10.5 Å². The van der Waals surface area contributed by atoms with Crippen LogP contribution in [0.25, 0.3) is 0 Å². The summed E-state index contributed by atoms with van der Waals surface area (Å²) in [7, 11) is 1.68. The number of aromatic nitrogens is 2. The lowest BCUT2D eigenvalue weighted by molar-refractivity contribution is 0.0682. The average molecular weight is 340 g/mol. The minimum absolute atomic E-state index is 0.112. The molecule has 0 saturated carbocycles. The third-order valence-electron chi connectivity index (χ3n) is 4.83. The van der Waals surface area contributed by atoms with Gasteiger partial charge in [0.05, 0.1) is 7.11 Å². The zero-order valence-corrected chi connectivity index (χ0v) is 14.5. The van der Waals surface area contributed by atoms with E-state index in [1.165, 1.54) is 18.0 Å². The lowest BCUT2D eigenvalue weighted by Gasteiger charge is -2.32. The molecule has 1 saturated heterocycles. The molecule has 1 aliphatic heterocycles. The fourth-order valence-electron chi connectivity index (χ4n) is 3.25. The SMILES string of the molecule is COc1ccc(CCC2CCN(C(=O)c3nccnc3N)CC2)cc1. The molecule has 0 unspecified atom stereocenters. The second-order valence-corrected chi connectivity index (χ2v) is 6.41. The van der Waals surface area contributed by atoms with Crippen molar-refractivity contribution in [1.82, 2.24) is 14.9 Å². The third-order valence-corrected chi connectivity index (χ3v) is 4.83. The number of aryl methyl sites for hydroxylation is 1. The van der Waals surface area contributed by atoms with Crippen LogP contribution >= 0.6 is 0 Å². The number of nitrogen functional groups attached to an aromatic ring is 1. The van der Waals surface area contributed by atoms with Gasteiger partial charge in [0.25, 0.3) is 5.91 Å². The monoisotopic (exact) mass is 340 g/mol. The molecular weight excluding hydrogens is 316 g/mol. The van der Waals surface area contributed by atoms with Gasteiger partial charge in [-0.3, -0.25) is 4.79 Å². The zero-order chi connectivity index (χ0) is 17.6. The molecule has 1 aromatic carbocycles. The lowest BCUT2D eigenvalue weighted by Crippen LogP contribution is -2.39. The maximum absolute atomic E-state index is 12.5. The number of piperidine rings is 1. The van der Waals surface area contributed by atoms with Gasteiger partial charge in [-0.2, -0.15) is 0 Å². The van der Waals surface area contributed by atoms with E-state index in [0.717, 1.165) is 44.5 Å². The quantitative estimate of drug-likeness (QED) is 0.904. The van der Waals surface area contributed by atoms with Gasteiger partial charge in [-0.25, -0.2) is 9.97 Å². The van der Waals surface area contributed by atoms with Crippen molar-refractivity contribution in [2.75, 3.05) is 25.9 Å². The van der Waals surface area contributed by atoms with Crippen molar-refractivity contribution < 1.29 is 9.53 Å². The molecule has 6 nitrogen and oxygen atoms in total. The molecule has 132 valence electrons. The maximum Gasteiger partial charge on any atom is 0.276 e. The van der Waals surface area contributed by atoms with Gasteiger partial charge < -0.3 is 15.4 Å². The summed E-state index contributed by atoms with van der Waals surface area (Å²) in [4.78, 5) is 22.4. The van der Waals surface area contributed by atoms with Crippen LogP contribution in [0.15, 0.2) is 36.7 Å². The van der Waals surface area contributed by atoms with Crippen LogP contribution in [0.2, 0.25) is 0 Å². The van der Waals surface area contributed by atoms with Crippen LogP contribution in [0.3, 0.4) is 0 Å². The van der Waals surface area contributed by atoms with E-state index in [-0.39, 0.29) is 17.4 Å². The van der Waals surface area contributed by atoms with Crippen LogP contribution in [-0.2, 0) is 6.42 Å². The largest absolute Gasteiger partial charge is 0.497 e. The molecule has 0 spiro atoms. The Morgan fingerprint density at radius 1 is 1.20 bits per heavy atom. The number of ether oxygens (including phenoxy) is 1. The van der Waals surface area contributed by atoms with Crippen LogP contribution in [0.5, 0.6) is 5.75 Å². The standard InChI is InChI=1S/C19H24N4O2/c1-25-16-6-4-14(5-7-16)2-3-15-8-12-23(13-9-15)19(24)17-18(20)22-11-10-21-17/h4-7,10-11,15H,2-3,8-9,12-13H2,1H3,(H2,20,22). The number of carbonyl (C=O) groups is 1. The van der Waals surface area contributed by atoms with E-state index < -0.39 is 0 Å². The van der Waals surface area contributed by atoms with Crippen LogP contribution in [0, 0.1) is 5.92 Å². The molecule has 2 N–H and O–H groups in total. The van der Waals surface area contributed by atoms with Gasteiger partial charge in [-0.1, -0.05) is 12.1 Å². The number of nitrogens with two attached hydrogens (primary N) is 1. The number of benzene rings is 1. The smallest absolute Gasteiger partial charge is 0.276 e. The number of methoxy groups -OCH3 is 1. The van der Waals surface area contributed by atoms with Gasteiger partial charge in [0, 0.05) is 25.5 Å². The molecule has 0 aliphatic carbocycles. The van der Waals surface area contributed by atoms with E-state index in [2.05, 4.69) is 22.1 Å². The van der Waals surface area contributed by atoms with E-state index >= 15 is 0 Å². The molecule has 1 aromatic heterocycles. The Labute approximate surface area is 148 Å². The first-order valence-electron chi connectivity index (χ1n) is 8.66. The number of rotatable bonds is 5. The van der Waals surface area contributed by atoms with Crippen molar-refractivity contribution in [3.8, 4) is 5.75 Å². The lowest BCUT2D eigenvalue weighted by atomic mass is 9.90. The summed E-state index contributed by atoms with van der Waals surface area (Å²) in [5, 5.41) is 0. The summed E-state index contributed by atoms with van der Waals surface area (Å²) in [5.41, 5.74) is 7.35. The minimum atomic E-state index is -0.112. The third kappa shape index (κ3) is 4.26. The summed E-state index contributed by atoms with van der Waals surface area (Å²) in [6.45, 7) is 1.50. The number of hydrogen-bond donors (Lipinski definition) is 1. The average Bonchev–Trinajstić information content (AvgIpc) is 2.67. The van der Waals surface area contributed by atoms with Crippen molar-refractivity contribution in [3.05, 3.63) is 47.9 Å². The van der Waals surface area contributed by atoms with Crippen molar-refractivity contribution in [2.45, 2.75) is 25.7 Å². The minimum Gasteiger partial charge on any atom is -0.497 e. The van der Waals surface area contributed by atoms with Gasteiger partial charge >= 0.3 is 0 Å². The molecule has 1 amide bonds. The predicted molar refractivity (Wildman–Crippen MR) is 96.4 cm³/mol. The Morgan fingerprint density at radius 3 is 2.52 bits per heavy atom. The first kappa shape index (κ1) is 17.2. The summed E-state index contributed by atoms with van der Waals surface area (Å²) in [5.74, 6) is 1.62. The van der Waals surface area contributed by atoms with E-state index in [9.17, 15) is 4.79 Å². The first-order chi connectivity index (χ1) is 12.2. The fraction of sp³-hybridized carbons (Fsp3) is 0.421. The molecule has 1 fully saturated rings. The molecule has 3 rings (SSSR count). The van der Waals surface area contributed by atoms with Crippen molar-refractivity contribution in [1.29, 1.82) is 0 Å². The summed E-state index contributed by atoms with van der Waals surface area (Å²) in [6.07, 6.45) is 7.23. The first-order valence-corrected chi connectivity index (χ1v) is 8.66. The number of likely N-dealkylation sites (tertiary alicyclic amines) is 1. The molecule has 25 heavy (non-hydrogen) atoms. The predicted octanol–water partition coefficient (Wildman–Crippen LogP) is 2.55. The Kier molecular flexibility index (Phi) is 5.48. The molecule has 0 atom stereocenters. The van der Waals surface area contributed by atoms with Crippen LogP contribution in [0.1, 0.15) is 35.3 Å². The molecule has 0 radical (unpaired) electrons. The molecular formula is C19H24N4O2. The van der Waals surface area contributed by atoms with Gasteiger partial charge in [-0.15, -0.1) is 0 Å². The number of hydrogen-bond acceptors (Lipinski definition) is 5. The fourth-order valence-corrected chi connectivity index (χ4v) is 3.25. The van der Waals surface area contributed by atoms with Gasteiger partial charge in [0.15, 0.2) is 11.5 Å². The Balaban J connectivity index is 1.48. The van der Waals surface area contributed by atoms with E-state index in [1.807, 2.05) is 17.0 Å². The van der Waals surface area contributed by atoms with E-state index in [0.29, 0.717) is 5.92 Å². The molecule has 1 aliphatic rings. The van der Waals surface area contributed by atoms with Crippen molar-refractivity contribution >= 4 is 11.7 Å².